The fourth-order valence-corrected chi connectivity index (χ4v) is 5.43. The zero-order valence-corrected chi connectivity index (χ0v) is 21.9. The number of halogens is 4. The molecule has 11 heteroatoms. The van der Waals surface area contributed by atoms with Gasteiger partial charge in [0.2, 0.25) is 5.90 Å². The highest BCUT2D eigenvalue weighted by atomic mass is 35.5. The molecule has 0 aromatic heterocycles. The van der Waals surface area contributed by atoms with Crippen LogP contribution >= 0.6 is 11.6 Å². The van der Waals surface area contributed by atoms with Gasteiger partial charge in [0.15, 0.2) is 0 Å². The largest absolute Gasteiger partial charge is 0.455 e. The summed E-state index contributed by atoms with van der Waals surface area (Å²) in [4.78, 5) is -0.122. The quantitative estimate of drug-likeness (QED) is 0.269. The minimum absolute atomic E-state index is 0.0586. The van der Waals surface area contributed by atoms with E-state index in [1.54, 1.807) is 67.6 Å². The number of alkyl halides is 3. The van der Waals surface area contributed by atoms with Gasteiger partial charge in [-0.3, -0.25) is 4.72 Å². The molecule has 4 aromatic rings. The number of hydrogen-bond donors (Lipinski definition) is 1. The van der Waals surface area contributed by atoms with Crippen molar-refractivity contribution in [2.45, 2.75) is 23.7 Å². The molecule has 6 nitrogen and oxygen atoms in total. The molecular weight excluding hydrogens is 551 g/mol. The second-order valence-corrected chi connectivity index (χ2v) is 10.9. The van der Waals surface area contributed by atoms with Gasteiger partial charge in [0, 0.05) is 10.6 Å². The van der Waals surface area contributed by atoms with Gasteiger partial charge in [-0.2, -0.15) is 13.2 Å². The summed E-state index contributed by atoms with van der Waals surface area (Å²) in [5.41, 5.74) is -3.04. The number of sulfonamides is 1. The molecule has 1 unspecified atom stereocenters. The fraction of sp³-hybridized carbons (Fsp3) is 0.107. The molecule has 1 aliphatic rings. The van der Waals surface area contributed by atoms with Crippen LogP contribution in [-0.4, -0.2) is 20.5 Å². The molecular formula is C28H21ClF3N3O3S. The summed E-state index contributed by atoms with van der Waals surface area (Å²) >= 11 is 6.20. The summed E-state index contributed by atoms with van der Waals surface area (Å²) in [5, 5.41) is 4.89. The van der Waals surface area contributed by atoms with Crippen LogP contribution in [0.15, 0.2) is 113 Å². The van der Waals surface area contributed by atoms with E-state index in [0.29, 0.717) is 10.6 Å². The maximum absolute atomic E-state index is 15.4. The SMILES string of the molecule is Cc1ccc(S(=O)(=O)Nc2ccc(Cl)cc2C2(C(F)(F)F)OC(c3ccccc3)=NN2c2ccccc2)cc1. The lowest BCUT2D eigenvalue weighted by atomic mass is 9.98. The van der Waals surface area contributed by atoms with E-state index >= 15 is 13.2 Å². The summed E-state index contributed by atoms with van der Waals surface area (Å²) in [6.45, 7) is 1.79. The van der Waals surface area contributed by atoms with Crippen LogP contribution in [0.4, 0.5) is 24.5 Å². The predicted molar refractivity (Wildman–Crippen MR) is 144 cm³/mol. The topological polar surface area (TPSA) is 71.0 Å². The van der Waals surface area contributed by atoms with Gasteiger partial charge in [-0.15, -0.1) is 5.10 Å². The van der Waals surface area contributed by atoms with Gasteiger partial charge in [-0.1, -0.05) is 65.7 Å². The van der Waals surface area contributed by atoms with Crippen LogP contribution < -0.4 is 9.73 Å². The molecule has 4 aromatic carbocycles. The zero-order valence-electron chi connectivity index (χ0n) is 20.4. The van der Waals surface area contributed by atoms with E-state index in [1.165, 1.54) is 36.4 Å². The van der Waals surface area contributed by atoms with Crippen LogP contribution in [0, 0.1) is 6.92 Å². The van der Waals surface area contributed by atoms with Gasteiger partial charge in [0.25, 0.3) is 10.0 Å². The van der Waals surface area contributed by atoms with Gasteiger partial charge in [-0.05, 0) is 61.5 Å². The highest BCUT2D eigenvalue weighted by molar-refractivity contribution is 7.92. The van der Waals surface area contributed by atoms with Gasteiger partial charge >= 0.3 is 11.9 Å². The number of rotatable bonds is 6. The van der Waals surface area contributed by atoms with Crippen molar-refractivity contribution in [1.82, 2.24) is 0 Å². The first-order chi connectivity index (χ1) is 18.5. The van der Waals surface area contributed by atoms with E-state index in [-0.39, 0.29) is 27.2 Å². The van der Waals surface area contributed by atoms with Crippen LogP contribution in [0.1, 0.15) is 16.7 Å². The second kappa shape index (κ2) is 9.94. The third-order valence-electron chi connectivity index (χ3n) is 6.06. The summed E-state index contributed by atoms with van der Waals surface area (Å²) in [5.74, 6) is -0.302. The molecule has 0 aliphatic carbocycles. The Balaban J connectivity index is 1.72. The molecule has 0 saturated carbocycles. The van der Waals surface area contributed by atoms with Gasteiger partial charge in [-0.25, -0.2) is 13.4 Å². The van der Waals surface area contributed by atoms with Gasteiger partial charge < -0.3 is 4.74 Å². The molecule has 0 amide bonds. The number of aryl methyl sites for hydroxylation is 1. The number of nitrogens with one attached hydrogen (secondary N) is 1. The summed E-state index contributed by atoms with van der Waals surface area (Å²) < 4.78 is 80.7. The Labute approximate surface area is 228 Å². The lowest BCUT2D eigenvalue weighted by Gasteiger charge is -2.38. The van der Waals surface area contributed by atoms with E-state index in [1.807, 2.05) is 0 Å². The third kappa shape index (κ3) is 4.93. The Bertz CT molecular complexity index is 1630. The van der Waals surface area contributed by atoms with Crippen molar-refractivity contribution in [2.24, 2.45) is 5.10 Å². The van der Waals surface area contributed by atoms with E-state index in [2.05, 4.69) is 9.82 Å². The van der Waals surface area contributed by atoms with Crippen molar-refractivity contribution >= 4 is 38.9 Å². The number of anilines is 2. The van der Waals surface area contributed by atoms with Crippen molar-refractivity contribution in [3.8, 4) is 0 Å². The maximum atomic E-state index is 15.4. The molecule has 1 aliphatic heterocycles. The monoisotopic (exact) mass is 571 g/mol. The molecule has 0 saturated heterocycles. The van der Waals surface area contributed by atoms with Crippen molar-refractivity contribution in [3.05, 3.63) is 125 Å². The van der Waals surface area contributed by atoms with E-state index in [4.69, 9.17) is 16.3 Å². The van der Waals surface area contributed by atoms with E-state index in [9.17, 15) is 8.42 Å². The predicted octanol–water partition coefficient (Wildman–Crippen LogP) is 7.06. The molecule has 1 heterocycles. The van der Waals surface area contributed by atoms with Crippen molar-refractivity contribution in [3.63, 3.8) is 0 Å². The standard InChI is InChI=1S/C28H21ClF3N3O3S/c1-19-12-15-23(16-13-19)39(36,37)34-25-17-14-21(29)18-24(25)27(28(30,31)32)35(22-10-6-3-7-11-22)33-26(38-27)20-8-4-2-5-9-20/h2-18,34H,1H3. The Morgan fingerprint density at radius 2 is 1.51 bits per heavy atom. The number of nitrogens with zero attached hydrogens (tertiary/aromatic N) is 2. The molecule has 1 N–H and O–H groups in total. The van der Waals surface area contributed by atoms with Crippen molar-refractivity contribution in [1.29, 1.82) is 0 Å². The fourth-order valence-electron chi connectivity index (χ4n) is 4.18. The Morgan fingerprint density at radius 1 is 0.897 bits per heavy atom. The Morgan fingerprint density at radius 3 is 2.13 bits per heavy atom. The molecule has 39 heavy (non-hydrogen) atoms. The zero-order chi connectivity index (χ0) is 27.8. The van der Waals surface area contributed by atoms with Crippen LogP contribution in [-0.2, 0) is 20.5 Å². The summed E-state index contributed by atoms with van der Waals surface area (Å²) in [7, 11) is -4.29. The number of hydrogen-bond acceptors (Lipinski definition) is 5. The highest BCUT2D eigenvalue weighted by Gasteiger charge is 2.68. The average molecular weight is 572 g/mol. The second-order valence-electron chi connectivity index (χ2n) is 8.77. The Kier molecular flexibility index (Phi) is 6.77. The van der Waals surface area contributed by atoms with Crippen LogP contribution in [0.2, 0.25) is 5.02 Å². The first-order valence-corrected chi connectivity index (χ1v) is 13.5. The first kappa shape index (κ1) is 26.6. The van der Waals surface area contributed by atoms with Crippen LogP contribution in [0.3, 0.4) is 0 Å². The molecule has 1 atom stereocenters. The van der Waals surface area contributed by atoms with Gasteiger partial charge in [0.05, 0.1) is 21.8 Å². The minimum Gasteiger partial charge on any atom is -0.433 e. The minimum atomic E-state index is -5.13. The first-order valence-electron chi connectivity index (χ1n) is 11.7. The maximum Gasteiger partial charge on any atom is 0.455 e. The average Bonchev–Trinajstić information content (AvgIpc) is 3.33. The molecule has 0 radical (unpaired) electrons. The van der Waals surface area contributed by atoms with Crippen molar-refractivity contribution in [2.75, 3.05) is 9.73 Å². The summed E-state index contributed by atoms with van der Waals surface area (Å²) in [6, 6.07) is 25.2. The third-order valence-corrected chi connectivity index (χ3v) is 7.68. The number of hydrazone groups is 1. The molecule has 0 spiro atoms. The normalized spacial score (nSPS) is 17.5. The molecule has 0 bridgehead atoms. The van der Waals surface area contributed by atoms with E-state index < -0.39 is 27.5 Å². The number of para-hydroxylation sites is 1. The van der Waals surface area contributed by atoms with E-state index in [0.717, 1.165) is 11.6 Å². The Hall–Kier alpha value is -4.02. The summed E-state index contributed by atoms with van der Waals surface area (Å²) in [6.07, 6.45) is -5.13. The highest BCUT2D eigenvalue weighted by Crippen LogP contribution is 2.53. The molecule has 0 fully saturated rings. The molecule has 5 rings (SSSR count). The lowest BCUT2D eigenvalue weighted by Crippen LogP contribution is -2.54. The number of ether oxygens (including phenoxy) is 1. The lowest BCUT2D eigenvalue weighted by molar-refractivity contribution is -0.253. The van der Waals surface area contributed by atoms with Crippen LogP contribution in [0.25, 0.3) is 0 Å². The smallest absolute Gasteiger partial charge is 0.433 e. The van der Waals surface area contributed by atoms with Crippen molar-refractivity contribution < 1.29 is 26.3 Å². The molecule has 200 valence electrons. The van der Waals surface area contributed by atoms with Crippen LogP contribution in [0.5, 0.6) is 0 Å². The number of benzene rings is 4. The van der Waals surface area contributed by atoms with Gasteiger partial charge in [0.1, 0.15) is 0 Å².